The number of hydrogen-bond donors (Lipinski definition) is 1. The molecule has 5 nitrogen and oxygen atoms in total. The molecule has 0 aliphatic heterocycles. The number of amides is 1. The van der Waals surface area contributed by atoms with E-state index in [2.05, 4.69) is 5.32 Å². The quantitative estimate of drug-likeness (QED) is 0.712. The lowest BCUT2D eigenvalue weighted by Gasteiger charge is -2.19. The van der Waals surface area contributed by atoms with Crippen molar-refractivity contribution in [1.82, 2.24) is 5.32 Å². The zero-order valence-electron chi connectivity index (χ0n) is 12.6. The molecule has 0 spiro atoms. The van der Waals surface area contributed by atoms with Gasteiger partial charge >= 0.3 is 0 Å². The Balaban J connectivity index is 2.43. The van der Waals surface area contributed by atoms with Crippen molar-refractivity contribution in [1.29, 1.82) is 0 Å². The number of rotatable bonds is 9. The molecule has 21 heavy (non-hydrogen) atoms. The fraction of sp³-hybridized carbons (Fsp3) is 0.533. The highest BCUT2D eigenvalue weighted by Crippen LogP contribution is 2.18. The van der Waals surface area contributed by atoms with Gasteiger partial charge in [0.15, 0.2) is 12.4 Å². The number of ether oxygens (including phenoxy) is 3. The van der Waals surface area contributed by atoms with Crippen molar-refractivity contribution in [2.45, 2.75) is 33.2 Å². The summed E-state index contributed by atoms with van der Waals surface area (Å²) in [6.45, 7) is 6.75. The predicted molar refractivity (Wildman–Crippen MR) is 81.6 cm³/mol. The minimum atomic E-state index is -0.632. The summed E-state index contributed by atoms with van der Waals surface area (Å²) >= 11 is 5.87. The van der Waals surface area contributed by atoms with Crippen LogP contribution in [0.2, 0.25) is 5.02 Å². The van der Waals surface area contributed by atoms with E-state index in [0.29, 0.717) is 24.0 Å². The van der Waals surface area contributed by atoms with Crippen molar-refractivity contribution in [3.63, 3.8) is 0 Å². The molecule has 0 saturated heterocycles. The van der Waals surface area contributed by atoms with Crippen molar-refractivity contribution in [2.24, 2.45) is 0 Å². The van der Waals surface area contributed by atoms with Crippen molar-refractivity contribution >= 4 is 17.5 Å². The summed E-state index contributed by atoms with van der Waals surface area (Å²) in [5.74, 6) is 0.315. The van der Waals surface area contributed by atoms with Crippen molar-refractivity contribution in [2.75, 3.05) is 19.8 Å². The highest BCUT2D eigenvalue weighted by atomic mass is 35.5. The van der Waals surface area contributed by atoms with Crippen LogP contribution in [0, 0.1) is 0 Å². The normalized spacial score (nSPS) is 12.2. The Morgan fingerprint density at radius 1 is 1.29 bits per heavy atom. The maximum Gasteiger partial charge on any atom is 0.260 e. The van der Waals surface area contributed by atoms with Crippen LogP contribution in [0.25, 0.3) is 0 Å². The van der Waals surface area contributed by atoms with Gasteiger partial charge in [-0.05, 0) is 39.0 Å². The minimum Gasteiger partial charge on any atom is -0.481 e. The molecule has 0 bridgehead atoms. The summed E-state index contributed by atoms with van der Waals surface area (Å²) in [6.07, 6.45) is -1.07. The van der Waals surface area contributed by atoms with E-state index in [1.807, 2.05) is 13.8 Å². The van der Waals surface area contributed by atoms with E-state index in [4.69, 9.17) is 25.8 Å². The van der Waals surface area contributed by atoms with Crippen LogP contribution in [0.5, 0.6) is 5.75 Å². The molecule has 0 radical (unpaired) electrons. The van der Waals surface area contributed by atoms with E-state index < -0.39 is 12.4 Å². The molecule has 118 valence electrons. The summed E-state index contributed by atoms with van der Waals surface area (Å²) < 4.78 is 16.2. The lowest BCUT2D eigenvalue weighted by Crippen LogP contribution is -2.41. The molecule has 0 heterocycles. The molecular formula is C15H22ClNO4. The second-order valence-electron chi connectivity index (χ2n) is 4.30. The zero-order valence-corrected chi connectivity index (χ0v) is 13.4. The van der Waals surface area contributed by atoms with Crippen LogP contribution in [0.4, 0.5) is 0 Å². The Kier molecular flexibility index (Phi) is 8.12. The molecule has 1 N–H and O–H groups in total. The molecule has 6 heteroatoms. The summed E-state index contributed by atoms with van der Waals surface area (Å²) in [7, 11) is 0. The molecule has 1 rings (SSSR count). The van der Waals surface area contributed by atoms with E-state index in [1.54, 1.807) is 31.2 Å². The van der Waals surface area contributed by atoms with E-state index in [-0.39, 0.29) is 12.5 Å². The van der Waals surface area contributed by atoms with Gasteiger partial charge in [-0.2, -0.15) is 0 Å². The van der Waals surface area contributed by atoms with E-state index >= 15 is 0 Å². The van der Waals surface area contributed by atoms with Crippen molar-refractivity contribution in [3.05, 3.63) is 29.3 Å². The first-order valence-electron chi connectivity index (χ1n) is 7.00. The van der Waals surface area contributed by atoms with Crippen molar-refractivity contribution < 1.29 is 19.0 Å². The number of benzene rings is 1. The lowest BCUT2D eigenvalue weighted by molar-refractivity contribution is -0.143. The van der Waals surface area contributed by atoms with Gasteiger partial charge in [-0.25, -0.2) is 0 Å². The maximum absolute atomic E-state index is 12.0. The van der Waals surface area contributed by atoms with Gasteiger partial charge in [0, 0.05) is 18.2 Å². The monoisotopic (exact) mass is 315 g/mol. The van der Waals surface area contributed by atoms with Gasteiger partial charge < -0.3 is 19.5 Å². The van der Waals surface area contributed by atoms with E-state index in [1.165, 1.54) is 0 Å². The summed E-state index contributed by atoms with van der Waals surface area (Å²) in [5.41, 5.74) is 0. The Morgan fingerprint density at radius 2 is 1.95 bits per heavy atom. The predicted octanol–water partition coefficient (Wildman–Crippen LogP) is 2.62. The van der Waals surface area contributed by atoms with Gasteiger partial charge in [-0.15, -0.1) is 0 Å². The molecule has 1 atom stereocenters. The first-order valence-corrected chi connectivity index (χ1v) is 7.37. The van der Waals surface area contributed by atoms with Crippen LogP contribution in [-0.2, 0) is 14.3 Å². The molecule has 1 aromatic rings. The number of nitrogens with one attached hydrogen (secondary N) is 1. The number of halogens is 1. The third kappa shape index (κ3) is 6.80. The molecule has 0 aromatic heterocycles. The average molecular weight is 316 g/mol. The van der Waals surface area contributed by atoms with Crippen LogP contribution >= 0.6 is 11.6 Å². The van der Waals surface area contributed by atoms with Gasteiger partial charge in [0.2, 0.25) is 0 Å². The SMILES string of the molecule is CCOC(CNC(=O)C(C)Oc1cccc(Cl)c1)OCC. The Morgan fingerprint density at radius 3 is 2.52 bits per heavy atom. The lowest BCUT2D eigenvalue weighted by atomic mass is 10.3. The maximum atomic E-state index is 12.0. The molecular weight excluding hydrogens is 294 g/mol. The van der Waals surface area contributed by atoms with Crippen LogP contribution in [0.15, 0.2) is 24.3 Å². The van der Waals surface area contributed by atoms with Gasteiger partial charge in [0.25, 0.3) is 5.91 Å². The summed E-state index contributed by atoms with van der Waals surface area (Å²) in [4.78, 5) is 12.0. The Labute approximate surface area is 130 Å². The highest BCUT2D eigenvalue weighted by molar-refractivity contribution is 6.30. The second kappa shape index (κ2) is 9.60. The molecule has 0 fully saturated rings. The molecule has 1 unspecified atom stereocenters. The molecule has 0 saturated carbocycles. The number of carbonyl (C=O) groups excluding carboxylic acids is 1. The molecule has 0 aliphatic rings. The van der Waals surface area contributed by atoms with Crippen LogP contribution < -0.4 is 10.1 Å². The van der Waals surface area contributed by atoms with Crippen LogP contribution in [-0.4, -0.2) is 38.1 Å². The van der Waals surface area contributed by atoms with Crippen LogP contribution in [0.3, 0.4) is 0 Å². The summed E-state index contributed by atoms with van der Waals surface area (Å²) in [6, 6.07) is 6.92. The third-order valence-corrected chi connectivity index (χ3v) is 2.86. The summed E-state index contributed by atoms with van der Waals surface area (Å²) in [5, 5.41) is 3.30. The van der Waals surface area contributed by atoms with Crippen molar-refractivity contribution in [3.8, 4) is 5.75 Å². The molecule has 1 amide bonds. The van der Waals surface area contributed by atoms with E-state index in [0.717, 1.165) is 0 Å². The van der Waals surface area contributed by atoms with Gasteiger partial charge in [-0.1, -0.05) is 17.7 Å². The fourth-order valence-corrected chi connectivity index (χ4v) is 1.84. The topological polar surface area (TPSA) is 56.8 Å². The van der Waals surface area contributed by atoms with Crippen LogP contribution in [0.1, 0.15) is 20.8 Å². The molecule has 0 aliphatic carbocycles. The number of carbonyl (C=O) groups is 1. The third-order valence-electron chi connectivity index (χ3n) is 2.63. The van der Waals surface area contributed by atoms with Gasteiger partial charge in [-0.3, -0.25) is 4.79 Å². The Bertz CT molecular complexity index is 435. The minimum absolute atomic E-state index is 0.237. The standard InChI is InChI=1S/C15H22ClNO4/c1-4-19-14(20-5-2)10-17-15(18)11(3)21-13-8-6-7-12(16)9-13/h6-9,11,14H,4-5,10H2,1-3H3,(H,17,18). The fourth-order valence-electron chi connectivity index (χ4n) is 1.66. The smallest absolute Gasteiger partial charge is 0.260 e. The first-order chi connectivity index (χ1) is 10.1. The van der Waals surface area contributed by atoms with Gasteiger partial charge in [0.05, 0.1) is 6.54 Å². The average Bonchev–Trinajstić information content (AvgIpc) is 2.45. The number of hydrogen-bond acceptors (Lipinski definition) is 4. The van der Waals surface area contributed by atoms with Gasteiger partial charge in [0.1, 0.15) is 5.75 Å². The zero-order chi connectivity index (χ0) is 15.7. The molecule has 1 aromatic carbocycles. The Hall–Kier alpha value is -1.30. The second-order valence-corrected chi connectivity index (χ2v) is 4.74. The van der Waals surface area contributed by atoms with E-state index in [9.17, 15) is 4.79 Å². The highest BCUT2D eigenvalue weighted by Gasteiger charge is 2.17. The first kappa shape index (κ1) is 17.8. The largest absolute Gasteiger partial charge is 0.481 e.